The van der Waals surface area contributed by atoms with Gasteiger partial charge >= 0.3 is 0 Å². The van der Waals surface area contributed by atoms with Crippen LogP contribution < -0.4 is 10.2 Å². The SMILES string of the molecule is CCCN1CCN(c2ccccc2C(C)NCC)CC1. The molecule has 1 N–H and O–H groups in total. The molecule has 1 aliphatic rings. The van der Waals surface area contributed by atoms with Gasteiger partial charge in [-0.15, -0.1) is 0 Å². The number of nitrogens with one attached hydrogen (secondary N) is 1. The number of hydrogen-bond acceptors (Lipinski definition) is 3. The molecule has 1 aliphatic heterocycles. The van der Waals surface area contributed by atoms with E-state index in [1.807, 2.05) is 0 Å². The fourth-order valence-corrected chi connectivity index (χ4v) is 3.09. The van der Waals surface area contributed by atoms with E-state index in [4.69, 9.17) is 0 Å². The predicted molar refractivity (Wildman–Crippen MR) is 87.5 cm³/mol. The van der Waals surface area contributed by atoms with Crippen molar-refractivity contribution in [2.45, 2.75) is 33.2 Å². The number of anilines is 1. The zero-order valence-corrected chi connectivity index (χ0v) is 13.2. The molecule has 1 atom stereocenters. The molecule has 0 saturated carbocycles. The molecule has 1 heterocycles. The lowest BCUT2D eigenvalue weighted by molar-refractivity contribution is 0.258. The predicted octanol–water partition coefficient (Wildman–Crippen LogP) is 2.89. The number of para-hydroxylation sites is 1. The first-order valence-electron chi connectivity index (χ1n) is 8.05. The van der Waals surface area contributed by atoms with Crippen molar-refractivity contribution in [2.24, 2.45) is 0 Å². The second-order valence-corrected chi connectivity index (χ2v) is 5.67. The highest BCUT2D eigenvalue weighted by molar-refractivity contribution is 5.55. The molecule has 2 rings (SSSR count). The third-order valence-corrected chi connectivity index (χ3v) is 4.17. The summed E-state index contributed by atoms with van der Waals surface area (Å²) in [4.78, 5) is 5.13. The summed E-state index contributed by atoms with van der Waals surface area (Å²) in [6.07, 6.45) is 1.26. The van der Waals surface area contributed by atoms with E-state index in [1.54, 1.807) is 0 Å². The molecule has 0 bridgehead atoms. The second-order valence-electron chi connectivity index (χ2n) is 5.67. The Hall–Kier alpha value is -1.06. The Morgan fingerprint density at radius 3 is 2.45 bits per heavy atom. The first kappa shape index (κ1) is 15.3. The average molecular weight is 275 g/mol. The summed E-state index contributed by atoms with van der Waals surface area (Å²) >= 11 is 0. The molecule has 0 aliphatic carbocycles. The molecule has 1 aromatic carbocycles. The molecule has 1 saturated heterocycles. The minimum atomic E-state index is 0.421. The van der Waals surface area contributed by atoms with Gasteiger partial charge in [-0.3, -0.25) is 4.90 Å². The largest absolute Gasteiger partial charge is 0.369 e. The van der Waals surface area contributed by atoms with E-state index in [0.29, 0.717) is 6.04 Å². The van der Waals surface area contributed by atoms with Crippen LogP contribution in [-0.2, 0) is 0 Å². The summed E-state index contributed by atoms with van der Waals surface area (Å²) in [5.74, 6) is 0. The van der Waals surface area contributed by atoms with Crippen LogP contribution in [0.3, 0.4) is 0 Å². The molecule has 3 nitrogen and oxygen atoms in total. The van der Waals surface area contributed by atoms with Crippen molar-refractivity contribution in [1.82, 2.24) is 10.2 Å². The monoisotopic (exact) mass is 275 g/mol. The van der Waals surface area contributed by atoms with Crippen molar-refractivity contribution in [3.63, 3.8) is 0 Å². The molecule has 0 amide bonds. The number of piperazine rings is 1. The molecule has 20 heavy (non-hydrogen) atoms. The van der Waals surface area contributed by atoms with Gasteiger partial charge in [0.05, 0.1) is 0 Å². The zero-order valence-electron chi connectivity index (χ0n) is 13.2. The molecule has 1 unspecified atom stereocenters. The number of hydrogen-bond donors (Lipinski definition) is 1. The molecule has 1 aromatic rings. The van der Waals surface area contributed by atoms with Crippen molar-refractivity contribution in [2.75, 3.05) is 44.2 Å². The normalized spacial score (nSPS) is 18.2. The molecular formula is C17H29N3. The maximum absolute atomic E-state index is 3.53. The fourth-order valence-electron chi connectivity index (χ4n) is 3.09. The lowest BCUT2D eigenvalue weighted by Crippen LogP contribution is -2.47. The highest BCUT2D eigenvalue weighted by Crippen LogP contribution is 2.27. The second kappa shape index (κ2) is 7.65. The first-order valence-corrected chi connectivity index (χ1v) is 8.05. The van der Waals surface area contributed by atoms with Gasteiger partial charge in [0.25, 0.3) is 0 Å². The van der Waals surface area contributed by atoms with Crippen LogP contribution in [0.15, 0.2) is 24.3 Å². The van der Waals surface area contributed by atoms with E-state index >= 15 is 0 Å². The molecular weight excluding hydrogens is 246 g/mol. The Balaban J connectivity index is 2.06. The number of nitrogens with zero attached hydrogens (tertiary/aromatic N) is 2. The van der Waals surface area contributed by atoms with Crippen molar-refractivity contribution in [1.29, 1.82) is 0 Å². The number of benzene rings is 1. The Labute approximate surface area is 124 Å². The molecule has 0 radical (unpaired) electrons. The Morgan fingerprint density at radius 1 is 1.10 bits per heavy atom. The third kappa shape index (κ3) is 3.74. The van der Waals surface area contributed by atoms with Gasteiger partial charge in [-0.25, -0.2) is 0 Å². The summed E-state index contributed by atoms with van der Waals surface area (Å²) in [5, 5.41) is 3.53. The molecule has 112 valence electrons. The standard InChI is InChI=1S/C17H29N3/c1-4-10-19-11-13-20(14-12-19)17-9-7-6-8-16(17)15(3)18-5-2/h6-9,15,18H,4-5,10-14H2,1-3H3. The van der Waals surface area contributed by atoms with Crippen molar-refractivity contribution >= 4 is 5.69 Å². The maximum Gasteiger partial charge on any atom is 0.0415 e. The van der Waals surface area contributed by atoms with Gasteiger partial charge in [0, 0.05) is 37.9 Å². The molecule has 0 spiro atoms. The molecule has 1 fully saturated rings. The van der Waals surface area contributed by atoms with Crippen LogP contribution in [0.2, 0.25) is 0 Å². The van der Waals surface area contributed by atoms with Crippen molar-refractivity contribution in [3.05, 3.63) is 29.8 Å². The van der Waals surface area contributed by atoms with E-state index < -0.39 is 0 Å². The van der Waals surface area contributed by atoms with Crippen LogP contribution in [0.4, 0.5) is 5.69 Å². The van der Waals surface area contributed by atoms with E-state index in [-0.39, 0.29) is 0 Å². The minimum absolute atomic E-state index is 0.421. The summed E-state index contributed by atoms with van der Waals surface area (Å²) in [6.45, 7) is 13.6. The zero-order chi connectivity index (χ0) is 14.4. The van der Waals surface area contributed by atoms with E-state index in [0.717, 1.165) is 19.6 Å². The van der Waals surface area contributed by atoms with E-state index in [9.17, 15) is 0 Å². The van der Waals surface area contributed by atoms with Crippen molar-refractivity contribution in [3.8, 4) is 0 Å². The highest BCUT2D eigenvalue weighted by Gasteiger charge is 2.19. The Morgan fingerprint density at radius 2 is 1.80 bits per heavy atom. The van der Waals surface area contributed by atoms with Gasteiger partial charge < -0.3 is 10.2 Å². The smallest absolute Gasteiger partial charge is 0.0415 e. The van der Waals surface area contributed by atoms with Crippen LogP contribution in [0.25, 0.3) is 0 Å². The minimum Gasteiger partial charge on any atom is -0.369 e. The first-order chi connectivity index (χ1) is 9.76. The summed E-state index contributed by atoms with van der Waals surface area (Å²) in [6, 6.07) is 9.28. The van der Waals surface area contributed by atoms with Gasteiger partial charge in [0.1, 0.15) is 0 Å². The molecule has 3 heteroatoms. The quantitative estimate of drug-likeness (QED) is 0.861. The van der Waals surface area contributed by atoms with Crippen molar-refractivity contribution < 1.29 is 0 Å². The van der Waals surface area contributed by atoms with Crippen LogP contribution in [-0.4, -0.2) is 44.2 Å². The maximum atomic E-state index is 3.53. The van der Waals surface area contributed by atoms with Gasteiger partial charge in [-0.2, -0.15) is 0 Å². The third-order valence-electron chi connectivity index (χ3n) is 4.17. The Bertz CT molecular complexity index is 397. The van der Waals surface area contributed by atoms with Crippen LogP contribution in [0, 0.1) is 0 Å². The van der Waals surface area contributed by atoms with Crippen LogP contribution >= 0.6 is 0 Å². The number of rotatable bonds is 6. The van der Waals surface area contributed by atoms with Gasteiger partial charge in [0.2, 0.25) is 0 Å². The lowest BCUT2D eigenvalue weighted by Gasteiger charge is -2.37. The fraction of sp³-hybridized carbons (Fsp3) is 0.647. The Kier molecular flexibility index (Phi) is 5.86. The van der Waals surface area contributed by atoms with E-state index in [1.165, 1.54) is 37.3 Å². The highest BCUT2D eigenvalue weighted by atomic mass is 15.3. The topological polar surface area (TPSA) is 18.5 Å². The van der Waals surface area contributed by atoms with Gasteiger partial charge in [-0.1, -0.05) is 32.0 Å². The van der Waals surface area contributed by atoms with E-state index in [2.05, 4.69) is 60.2 Å². The lowest BCUT2D eigenvalue weighted by atomic mass is 10.0. The van der Waals surface area contributed by atoms with Crippen LogP contribution in [0.5, 0.6) is 0 Å². The van der Waals surface area contributed by atoms with Gasteiger partial charge in [0.15, 0.2) is 0 Å². The molecule has 0 aromatic heterocycles. The summed E-state index contributed by atoms with van der Waals surface area (Å²) in [5.41, 5.74) is 2.84. The summed E-state index contributed by atoms with van der Waals surface area (Å²) < 4.78 is 0. The average Bonchev–Trinajstić information content (AvgIpc) is 2.49. The van der Waals surface area contributed by atoms with Gasteiger partial charge in [-0.05, 0) is 38.1 Å². The van der Waals surface area contributed by atoms with Crippen LogP contribution in [0.1, 0.15) is 38.8 Å². The summed E-state index contributed by atoms with van der Waals surface area (Å²) in [7, 11) is 0.